The average Bonchev–Trinajstić information content (AvgIpc) is 3.21. The van der Waals surface area contributed by atoms with Gasteiger partial charge in [0.15, 0.2) is 0 Å². The lowest BCUT2D eigenvalue weighted by Crippen LogP contribution is -2.40. The van der Waals surface area contributed by atoms with Gasteiger partial charge in [-0.3, -0.25) is 10.1 Å². The van der Waals surface area contributed by atoms with E-state index >= 15 is 0 Å². The van der Waals surface area contributed by atoms with E-state index in [0.29, 0.717) is 11.9 Å². The third-order valence-corrected chi connectivity index (χ3v) is 4.69. The lowest BCUT2D eigenvalue weighted by atomic mass is 10.0. The molecule has 20 heavy (non-hydrogen) atoms. The van der Waals surface area contributed by atoms with E-state index in [9.17, 15) is 4.79 Å². The van der Waals surface area contributed by atoms with Crippen LogP contribution >= 0.6 is 0 Å². The van der Waals surface area contributed by atoms with E-state index in [2.05, 4.69) is 48.3 Å². The summed E-state index contributed by atoms with van der Waals surface area (Å²) in [7, 11) is 0. The molecule has 3 heteroatoms. The number of benzene rings is 1. The van der Waals surface area contributed by atoms with Crippen LogP contribution in [0.3, 0.4) is 0 Å². The fourth-order valence-corrected chi connectivity index (χ4v) is 3.37. The fraction of sp³-hybridized carbons (Fsp3) is 0.588. The molecule has 1 aromatic rings. The molecule has 1 heterocycles. The highest BCUT2D eigenvalue weighted by molar-refractivity contribution is 5.92. The molecule has 1 aliphatic carbocycles. The lowest BCUT2D eigenvalue weighted by molar-refractivity contribution is -0.133. The highest BCUT2D eigenvalue weighted by Crippen LogP contribution is 2.47. The highest BCUT2D eigenvalue weighted by Gasteiger charge is 2.60. The van der Waals surface area contributed by atoms with Crippen molar-refractivity contribution in [3.05, 3.63) is 35.9 Å². The summed E-state index contributed by atoms with van der Waals surface area (Å²) in [5.41, 5.74) is 0.973. The van der Waals surface area contributed by atoms with Crippen LogP contribution in [0.15, 0.2) is 30.3 Å². The van der Waals surface area contributed by atoms with Crippen molar-refractivity contribution in [3.8, 4) is 0 Å². The van der Waals surface area contributed by atoms with Crippen molar-refractivity contribution in [3.63, 3.8) is 0 Å². The Labute approximate surface area is 121 Å². The molecule has 3 rings (SSSR count). The monoisotopic (exact) mass is 272 g/mol. The Bertz CT molecular complexity index is 481. The zero-order chi connectivity index (χ0) is 14.2. The normalized spacial score (nSPS) is 25.2. The first-order chi connectivity index (χ1) is 9.72. The largest absolute Gasteiger partial charge is 0.318 e. The van der Waals surface area contributed by atoms with Gasteiger partial charge in [0.2, 0.25) is 5.91 Å². The summed E-state index contributed by atoms with van der Waals surface area (Å²) in [5, 5.41) is 3.61. The first-order valence-corrected chi connectivity index (χ1v) is 7.87. The van der Waals surface area contributed by atoms with Crippen molar-refractivity contribution in [1.82, 2.24) is 10.2 Å². The first kappa shape index (κ1) is 13.6. The van der Waals surface area contributed by atoms with E-state index in [0.717, 1.165) is 32.1 Å². The van der Waals surface area contributed by atoms with Crippen molar-refractivity contribution >= 4 is 5.91 Å². The standard InChI is InChI=1S/C17H24N2O/c1-3-8-14(4-2)19-15(13-9-6-5-7-10-13)18-17(11-12-17)16(19)20/h5-7,9-10,14-15,18H,3-4,8,11-12H2,1-2H3. The second kappa shape index (κ2) is 5.21. The number of hydrogen-bond acceptors (Lipinski definition) is 2. The summed E-state index contributed by atoms with van der Waals surface area (Å²) in [4.78, 5) is 14.9. The molecule has 108 valence electrons. The van der Waals surface area contributed by atoms with Crippen molar-refractivity contribution in [1.29, 1.82) is 0 Å². The molecule has 0 radical (unpaired) electrons. The Balaban J connectivity index is 1.92. The van der Waals surface area contributed by atoms with Crippen LogP contribution < -0.4 is 5.32 Å². The van der Waals surface area contributed by atoms with Crippen LogP contribution in [0.2, 0.25) is 0 Å². The van der Waals surface area contributed by atoms with E-state index in [1.165, 1.54) is 5.56 Å². The number of hydrogen-bond donors (Lipinski definition) is 1. The van der Waals surface area contributed by atoms with E-state index in [1.807, 2.05) is 6.07 Å². The summed E-state index contributed by atoms with van der Waals surface area (Å²) in [5.74, 6) is 0.326. The van der Waals surface area contributed by atoms with E-state index in [1.54, 1.807) is 0 Å². The van der Waals surface area contributed by atoms with Gasteiger partial charge >= 0.3 is 0 Å². The van der Waals surface area contributed by atoms with Gasteiger partial charge in [-0.25, -0.2) is 0 Å². The third-order valence-electron chi connectivity index (χ3n) is 4.69. The molecule has 2 fully saturated rings. The molecule has 1 aliphatic heterocycles. The zero-order valence-electron chi connectivity index (χ0n) is 12.4. The van der Waals surface area contributed by atoms with Gasteiger partial charge in [-0.15, -0.1) is 0 Å². The van der Waals surface area contributed by atoms with Crippen LogP contribution in [0.4, 0.5) is 0 Å². The molecule has 1 spiro atoms. The van der Waals surface area contributed by atoms with E-state index in [4.69, 9.17) is 0 Å². The molecule has 0 aromatic heterocycles. The Morgan fingerprint density at radius 3 is 2.55 bits per heavy atom. The Kier molecular flexibility index (Phi) is 3.55. The maximum Gasteiger partial charge on any atom is 0.244 e. The molecule has 2 atom stereocenters. The first-order valence-electron chi connectivity index (χ1n) is 7.87. The maximum atomic E-state index is 12.8. The number of nitrogens with zero attached hydrogens (tertiary/aromatic N) is 1. The van der Waals surface area contributed by atoms with Crippen LogP contribution in [0.1, 0.15) is 57.7 Å². The summed E-state index contributed by atoms with van der Waals surface area (Å²) in [6.07, 6.45) is 5.28. The topological polar surface area (TPSA) is 32.3 Å². The molecule has 2 aliphatic rings. The Morgan fingerprint density at radius 1 is 1.30 bits per heavy atom. The van der Waals surface area contributed by atoms with E-state index in [-0.39, 0.29) is 11.7 Å². The smallest absolute Gasteiger partial charge is 0.244 e. The summed E-state index contributed by atoms with van der Waals surface area (Å²) < 4.78 is 0. The number of nitrogens with one attached hydrogen (secondary N) is 1. The van der Waals surface area contributed by atoms with Crippen LogP contribution in [0, 0.1) is 0 Å². The second-order valence-electron chi connectivity index (χ2n) is 6.10. The molecule has 1 saturated heterocycles. The molecule has 1 aromatic carbocycles. The van der Waals surface area contributed by atoms with Gasteiger partial charge in [-0.2, -0.15) is 0 Å². The summed E-state index contributed by atoms with van der Waals surface area (Å²) in [6.45, 7) is 4.38. The minimum absolute atomic E-state index is 0.0581. The molecule has 1 amide bonds. The van der Waals surface area contributed by atoms with Crippen LogP contribution in [0.25, 0.3) is 0 Å². The lowest BCUT2D eigenvalue weighted by Gasteiger charge is -2.32. The molecular formula is C17H24N2O. The van der Waals surface area contributed by atoms with Crippen molar-refractivity contribution in [2.75, 3.05) is 0 Å². The van der Waals surface area contributed by atoms with Gasteiger partial charge in [0.25, 0.3) is 0 Å². The Morgan fingerprint density at radius 2 is 2.00 bits per heavy atom. The van der Waals surface area contributed by atoms with Crippen LogP contribution in [-0.2, 0) is 4.79 Å². The van der Waals surface area contributed by atoms with Crippen molar-refractivity contribution < 1.29 is 4.79 Å². The second-order valence-corrected chi connectivity index (χ2v) is 6.10. The molecule has 1 saturated carbocycles. The third kappa shape index (κ3) is 2.14. The molecule has 3 nitrogen and oxygen atoms in total. The predicted octanol–water partition coefficient (Wildman–Crippen LogP) is 3.23. The zero-order valence-corrected chi connectivity index (χ0v) is 12.4. The molecule has 0 bridgehead atoms. The van der Waals surface area contributed by atoms with Gasteiger partial charge in [0.05, 0.1) is 0 Å². The summed E-state index contributed by atoms with van der Waals surface area (Å²) >= 11 is 0. The minimum Gasteiger partial charge on any atom is -0.318 e. The minimum atomic E-state index is -0.234. The van der Waals surface area contributed by atoms with Gasteiger partial charge in [0.1, 0.15) is 11.7 Å². The maximum absolute atomic E-state index is 12.8. The fourth-order valence-electron chi connectivity index (χ4n) is 3.37. The van der Waals surface area contributed by atoms with Crippen molar-refractivity contribution in [2.45, 2.75) is 63.7 Å². The number of rotatable bonds is 5. The van der Waals surface area contributed by atoms with Crippen molar-refractivity contribution in [2.24, 2.45) is 0 Å². The van der Waals surface area contributed by atoms with Gasteiger partial charge in [-0.1, -0.05) is 50.6 Å². The molecule has 2 unspecified atom stereocenters. The van der Waals surface area contributed by atoms with Gasteiger partial charge in [-0.05, 0) is 31.2 Å². The number of carbonyl (C=O) groups excluding carboxylic acids is 1. The Hall–Kier alpha value is -1.35. The van der Waals surface area contributed by atoms with Gasteiger partial charge < -0.3 is 4.90 Å². The van der Waals surface area contributed by atoms with Crippen LogP contribution in [-0.4, -0.2) is 22.4 Å². The number of amides is 1. The number of carbonyl (C=O) groups is 1. The van der Waals surface area contributed by atoms with E-state index < -0.39 is 0 Å². The summed E-state index contributed by atoms with van der Waals surface area (Å²) in [6, 6.07) is 10.7. The SMILES string of the molecule is CCCC(CC)N1C(=O)C2(CC2)NC1c1ccccc1. The predicted molar refractivity (Wildman–Crippen MR) is 80.1 cm³/mol. The quantitative estimate of drug-likeness (QED) is 0.892. The average molecular weight is 272 g/mol. The van der Waals surface area contributed by atoms with Gasteiger partial charge in [0, 0.05) is 6.04 Å². The molecule has 1 N–H and O–H groups in total. The van der Waals surface area contributed by atoms with Crippen LogP contribution in [0.5, 0.6) is 0 Å². The highest BCUT2D eigenvalue weighted by atomic mass is 16.2. The molecular weight excluding hydrogens is 248 g/mol.